The molecule has 0 radical (unpaired) electrons. The fourth-order valence-electron chi connectivity index (χ4n) is 3.52. The summed E-state index contributed by atoms with van der Waals surface area (Å²) < 4.78 is 57.6. The van der Waals surface area contributed by atoms with Crippen LogP contribution < -0.4 is 0 Å². The molecule has 7 nitrogen and oxygen atoms in total. The molecule has 1 saturated heterocycles. The molecular formula is C26H48O7SSi2. The fourth-order valence-corrected chi connectivity index (χ4v) is 7.20. The van der Waals surface area contributed by atoms with Gasteiger partial charge in [0.25, 0.3) is 10.1 Å². The third kappa shape index (κ3) is 7.08. The van der Waals surface area contributed by atoms with Gasteiger partial charge >= 0.3 is 0 Å². The minimum absolute atomic E-state index is 0.0399. The maximum atomic E-state index is 13.1. The molecule has 1 heterocycles. The summed E-state index contributed by atoms with van der Waals surface area (Å²) in [6.07, 6.45) is -3.28. The summed E-state index contributed by atoms with van der Waals surface area (Å²) in [5.74, 6) is 0. The summed E-state index contributed by atoms with van der Waals surface area (Å²) in [5, 5.41) is -0.107. The molecule has 208 valence electrons. The molecule has 0 N–H and O–H groups in total. The molecule has 36 heavy (non-hydrogen) atoms. The lowest BCUT2D eigenvalue weighted by molar-refractivity contribution is -0.156. The van der Waals surface area contributed by atoms with Crippen molar-refractivity contribution in [3.05, 3.63) is 29.8 Å². The van der Waals surface area contributed by atoms with Crippen LogP contribution in [0.1, 0.15) is 54.0 Å². The van der Waals surface area contributed by atoms with Crippen LogP contribution in [0.5, 0.6) is 0 Å². The van der Waals surface area contributed by atoms with E-state index in [0.717, 1.165) is 5.56 Å². The second-order valence-corrected chi connectivity index (χ2v) is 24.0. The van der Waals surface area contributed by atoms with E-state index in [0.29, 0.717) is 0 Å². The number of rotatable bonds is 9. The van der Waals surface area contributed by atoms with Crippen LogP contribution in [0, 0.1) is 6.92 Å². The molecule has 10 heteroatoms. The van der Waals surface area contributed by atoms with E-state index < -0.39 is 57.5 Å². The number of hydrogen-bond donors (Lipinski definition) is 0. The van der Waals surface area contributed by atoms with Gasteiger partial charge in [0.05, 0.1) is 4.90 Å². The normalized spacial score (nSPS) is 25.2. The largest absolute Gasteiger partial charge is 0.408 e. The first-order chi connectivity index (χ1) is 16.1. The van der Waals surface area contributed by atoms with Gasteiger partial charge in [0, 0.05) is 7.11 Å². The van der Waals surface area contributed by atoms with Crippen LogP contribution in [0.25, 0.3) is 0 Å². The number of aryl methyl sites for hydroxylation is 1. The Labute approximate surface area is 221 Å². The molecule has 1 aliphatic heterocycles. The lowest BCUT2D eigenvalue weighted by Crippen LogP contribution is -2.55. The quantitative estimate of drug-likeness (QED) is 0.261. The highest BCUT2D eigenvalue weighted by molar-refractivity contribution is 7.86. The van der Waals surface area contributed by atoms with Gasteiger partial charge < -0.3 is 18.3 Å². The van der Waals surface area contributed by atoms with Crippen molar-refractivity contribution < 1.29 is 30.9 Å². The predicted octanol–water partition coefficient (Wildman–Crippen LogP) is 6.24. The van der Waals surface area contributed by atoms with Gasteiger partial charge in [0.1, 0.15) is 24.4 Å². The average Bonchev–Trinajstić information content (AvgIpc) is 3.02. The SMILES string of the molecule is CO[C@H]1O[C@H]([C@@H](C)OS(=O)(=O)c2ccc(C)cc2)[C@@H](O[Si](C)(C)C(C)(C)C)[C@@H]1O[Si](C)(C)C(C)(C)C. The van der Waals surface area contributed by atoms with Crippen LogP contribution in [-0.2, 0) is 32.6 Å². The molecule has 0 saturated carbocycles. The zero-order valence-corrected chi connectivity index (χ0v) is 27.3. The molecule has 0 bridgehead atoms. The van der Waals surface area contributed by atoms with Crippen LogP contribution in [0.15, 0.2) is 29.2 Å². The van der Waals surface area contributed by atoms with E-state index in [1.165, 1.54) is 0 Å². The smallest absolute Gasteiger partial charge is 0.297 e. The van der Waals surface area contributed by atoms with Gasteiger partial charge in [-0.3, -0.25) is 4.18 Å². The van der Waals surface area contributed by atoms with Gasteiger partial charge in [-0.25, -0.2) is 0 Å². The van der Waals surface area contributed by atoms with Gasteiger partial charge in [-0.05, 0) is 62.2 Å². The molecule has 0 aromatic heterocycles. The summed E-state index contributed by atoms with van der Waals surface area (Å²) in [4.78, 5) is 0.108. The van der Waals surface area contributed by atoms with Crippen LogP contribution >= 0.6 is 0 Å². The van der Waals surface area contributed by atoms with Gasteiger partial charge in [-0.15, -0.1) is 0 Å². The summed E-state index contributed by atoms with van der Waals surface area (Å²) in [7, 11) is -6.97. The topological polar surface area (TPSA) is 80.3 Å². The minimum atomic E-state index is -4.01. The Morgan fingerprint density at radius 3 is 1.72 bits per heavy atom. The summed E-state index contributed by atoms with van der Waals surface area (Å²) >= 11 is 0. The van der Waals surface area contributed by atoms with E-state index in [-0.39, 0.29) is 15.0 Å². The molecule has 1 aliphatic rings. The number of benzene rings is 1. The second kappa shape index (κ2) is 10.9. The molecule has 0 amide bonds. The molecule has 0 spiro atoms. The van der Waals surface area contributed by atoms with Crippen LogP contribution in [0.3, 0.4) is 0 Å². The number of ether oxygens (including phenoxy) is 2. The van der Waals surface area contributed by atoms with E-state index >= 15 is 0 Å². The van der Waals surface area contributed by atoms with Gasteiger partial charge in [-0.2, -0.15) is 8.42 Å². The Balaban J connectivity index is 2.46. The summed E-state index contributed by atoms with van der Waals surface area (Å²) in [6, 6.07) is 6.61. The Morgan fingerprint density at radius 2 is 1.31 bits per heavy atom. The lowest BCUT2D eigenvalue weighted by Gasteiger charge is -2.44. The highest BCUT2D eigenvalue weighted by Crippen LogP contribution is 2.44. The first-order valence-corrected chi connectivity index (χ1v) is 19.9. The van der Waals surface area contributed by atoms with Crippen molar-refractivity contribution >= 4 is 26.8 Å². The first-order valence-electron chi connectivity index (χ1n) is 12.7. The van der Waals surface area contributed by atoms with Crippen molar-refractivity contribution in [3.63, 3.8) is 0 Å². The van der Waals surface area contributed by atoms with Crippen molar-refractivity contribution in [2.45, 2.75) is 127 Å². The lowest BCUT2D eigenvalue weighted by atomic mass is 10.1. The van der Waals surface area contributed by atoms with E-state index in [9.17, 15) is 8.42 Å². The first kappa shape index (κ1) is 31.6. The van der Waals surface area contributed by atoms with Crippen molar-refractivity contribution in [2.24, 2.45) is 0 Å². The van der Waals surface area contributed by atoms with E-state index in [1.54, 1.807) is 38.3 Å². The molecule has 2 rings (SSSR count). The Morgan fingerprint density at radius 1 is 0.861 bits per heavy atom. The van der Waals surface area contributed by atoms with Gasteiger partial charge in [-0.1, -0.05) is 59.2 Å². The van der Waals surface area contributed by atoms with Crippen molar-refractivity contribution in [1.82, 2.24) is 0 Å². The summed E-state index contributed by atoms with van der Waals surface area (Å²) in [6.45, 7) is 25.4. The highest BCUT2D eigenvalue weighted by atomic mass is 32.2. The van der Waals surface area contributed by atoms with Crippen molar-refractivity contribution in [1.29, 1.82) is 0 Å². The molecule has 1 aromatic carbocycles. The molecular weight excluding hydrogens is 513 g/mol. The van der Waals surface area contributed by atoms with E-state index in [2.05, 4.69) is 67.7 Å². The van der Waals surface area contributed by atoms with E-state index in [1.807, 2.05) is 6.92 Å². The van der Waals surface area contributed by atoms with Crippen LogP contribution in [0.4, 0.5) is 0 Å². The zero-order valence-electron chi connectivity index (χ0n) is 24.5. The Hall–Kier alpha value is -0.596. The third-order valence-electron chi connectivity index (χ3n) is 7.96. The third-order valence-corrected chi connectivity index (χ3v) is 18.3. The minimum Gasteiger partial charge on any atom is -0.408 e. The van der Waals surface area contributed by atoms with Gasteiger partial charge in [0.2, 0.25) is 0 Å². The van der Waals surface area contributed by atoms with Crippen molar-refractivity contribution in [2.75, 3.05) is 7.11 Å². The Kier molecular flexibility index (Phi) is 9.56. The molecule has 0 unspecified atom stereocenters. The summed E-state index contributed by atoms with van der Waals surface area (Å²) in [5.41, 5.74) is 0.970. The number of methoxy groups -OCH3 is 1. The second-order valence-electron chi connectivity index (χ2n) is 13.0. The molecule has 5 atom stereocenters. The maximum absolute atomic E-state index is 13.1. The van der Waals surface area contributed by atoms with Crippen LogP contribution in [-0.4, -0.2) is 62.9 Å². The molecule has 1 aromatic rings. The Bertz CT molecular complexity index is 979. The monoisotopic (exact) mass is 560 g/mol. The number of hydrogen-bond acceptors (Lipinski definition) is 7. The van der Waals surface area contributed by atoms with Crippen LogP contribution in [0.2, 0.25) is 36.3 Å². The molecule has 1 fully saturated rings. The maximum Gasteiger partial charge on any atom is 0.297 e. The van der Waals surface area contributed by atoms with Gasteiger partial charge in [0.15, 0.2) is 22.9 Å². The van der Waals surface area contributed by atoms with E-state index in [4.69, 9.17) is 22.5 Å². The predicted molar refractivity (Wildman–Crippen MR) is 149 cm³/mol. The average molecular weight is 561 g/mol. The molecule has 0 aliphatic carbocycles. The fraction of sp³-hybridized carbons (Fsp3) is 0.769. The zero-order chi connectivity index (χ0) is 27.9. The van der Waals surface area contributed by atoms with Crippen molar-refractivity contribution in [3.8, 4) is 0 Å². The standard InChI is InChI=1S/C26H48O7SSi2/c1-18-14-16-20(17-15-18)34(27,28)31-19(2)21-22(32-35(10,11)25(3,4)5)23(24(29-9)30-21)33-36(12,13)26(6,7)8/h14-17,19,21-24H,1-13H3/t19-,21-,22-,23+,24+/m1/s1. The highest BCUT2D eigenvalue weighted by Gasteiger charge is 2.55.